The lowest BCUT2D eigenvalue weighted by Gasteiger charge is -2.36. The molecule has 7 nitrogen and oxygen atoms in total. The average molecular weight is 411 g/mol. The van der Waals surface area contributed by atoms with Gasteiger partial charge in [-0.05, 0) is 22.9 Å². The summed E-state index contributed by atoms with van der Waals surface area (Å²) in [4.78, 5) is 33.2. The fraction of sp³-hybridized carbons (Fsp3) is 0.478. The monoisotopic (exact) mass is 410 g/mol. The predicted octanol–water partition coefficient (Wildman–Crippen LogP) is 1.28. The highest BCUT2D eigenvalue weighted by atomic mass is 16.5. The first-order valence-corrected chi connectivity index (χ1v) is 10.7. The number of rotatable bonds is 5. The van der Waals surface area contributed by atoms with E-state index in [1.165, 1.54) is 10.8 Å². The first-order chi connectivity index (χ1) is 14.6. The highest BCUT2D eigenvalue weighted by molar-refractivity contribution is 5.87. The molecule has 0 radical (unpaired) electrons. The highest BCUT2D eigenvalue weighted by Gasteiger charge is 2.25. The van der Waals surface area contributed by atoms with Gasteiger partial charge in [0, 0.05) is 52.0 Å². The van der Waals surface area contributed by atoms with Crippen LogP contribution in [0.1, 0.15) is 0 Å². The Morgan fingerprint density at radius 1 is 0.867 bits per heavy atom. The molecule has 2 heterocycles. The van der Waals surface area contributed by atoms with Crippen LogP contribution in [0, 0.1) is 0 Å². The Morgan fingerprint density at radius 3 is 2.27 bits per heavy atom. The summed E-state index contributed by atoms with van der Waals surface area (Å²) in [7, 11) is 1.96. The van der Waals surface area contributed by atoms with Gasteiger partial charge in [0.05, 0.1) is 26.3 Å². The van der Waals surface area contributed by atoms with Crippen molar-refractivity contribution in [1.82, 2.24) is 14.7 Å². The van der Waals surface area contributed by atoms with Crippen molar-refractivity contribution in [1.29, 1.82) is 0 Å². The number of nitrogens with zero attached hydrogens (tertiary/aromatic N) is 4. The predicted molar refractivity (Wildman–Crippen MR) is 118 cm³/mol. The van der Waals surface area contributed by atoms with E-state index in [0.29, 0.717) is 52.5 Å². The standard InChI is InChI=1S/C23H30N4O3/c1-24(21-7-6-19-4-2-3-5-20(19)16-21)17-22(28)26-10-8-25(9-11-26)18-23(29)27-12-14-30-15-13-27/h2-7,16H,8-15,17-18H2,1H3. The molecule has 7 heteroatoms. The largest absolute Gasteiger partial charge is 0.378 e. The second-order valence-corrected chi connectivity index (χ2v) is 8.04. The van der Waals surface area contributed by atoms with Crippen molar-refractivity contribution < 1.29 is 14.3 Å². The lowest BCUT2D eigenvalue weighted by atomic mass is 10.1. The molecule has 2 aliphatic heterocycles. The van der Waals surface area contributed by atoms with E-state index in [1.807, 2.05) is 33.9 Å². The molecule has 2 aromatic rings. The lowest BCUT2D eigenvalue weighted by Crippen LogP contribution is -2.53. The third kappa shape index (κ3) is 4.91. The fourth-order valence-electron chi connectivity index (χ4n) is 4.07. The lowest BCUT2D eigenvalue weighted by molar-refractivity contribution is -0.137. The molecule has 0 unspecified atom stereocenters. The van der Waals surface area contributed by atoms with Gasteiger partial charge in [-0.1, -0.05) is 30.3 Å². The van der Waals surface area contributed by atoms with E-state index >= 15 is 0 Å². The van der Waals surface area contributed by atoms with Crippen molar-refractivity contribution >= 4 is 28.3 Å². The van der Waals surface area contributed by atoms with Gasteiger partial charge in [0.2, 0.25) is 11.8 Å². The van der Waals surface area contributed by atoms with Crippen molar-refractivity contribution in [2.24, 2.45) is 0 Å². The topological polar surface area (TPSA) is 56.3 Å². The van der Waals surface area contributed by atoms with E-state index in [-0.39, 0.29) is 11.8 Å². The van der Waals surface area contributed by atoms with E-state index in [0.717, 1.165) is 18.8 Å². The van der Waals surface area contributed by atoms with Gasteiger partial charge in [-0.25, -0.2) is 0 Å². The van der Waals surface area contributed by atoms with E-state index in [4.69, 9.17) is 4.74 Å². The van der Waals surface area contributed by atoms with Crippen LogP contribution in [0.15, 0.2) is 42.5 Å². The van der Waals surface area contributed by atoms with Crippen LogP contribution in [-0.2, 0) is 14.3 Å². The molecule has 2 aliphatic rings. The van der Waals surface area contributed by atoms with Crippen LogP contribution < -0.4 is 4.90 Å². The number of fused-ring (bicyclic) bond motifs is 1. The Balaban J connectivity index is 1.26. The van der Waals surface area contributed by atoms with Gasteiger partial charge in [-0.2, -0.15) is 0 Å². The molecule has 0 aromatic heterocycles. The van der Waals surface area contributed by atoms with E-state index in [1.54, 1.807) is 0 Å². The third-order valence-corrected chi connectivity index (χ3v) is 5.99. The maximum absolute atomic E-state index is 12.8. The number of piperazine rings is 1. The molecule has 30 heavy (non-hydrogen) atoms. The number of likely N-dealkylation sites (N-methyl/N-ethyl adjacent to an activating group) is 1. The molecule has 0 bridgehead atoms. The maximum atomic E-state index is 12.8. The molecule has 0 spiro atoms. The second kappa shape index (κ2) is 9.45. The molecule has 2 aromatic carbocycles. The normalized spacial score (nSPS) is 17.9. The zero-order valence-electron chi connectivity index (χ0n) is 17.6. The summed E-state index contributed by atoms with van der Waals surface area (Å²) in [5.74, 6) is 0.291. The minimum Gasteiger partial charge on any atom is -0.378 e. The van der Waals surface area contributed by atoms with Crippen molar-refractivity contribution in [3.8, 4) is 0 Å². The summed E-state index contributed by atoms with van der Waals surface area (Å²) in [6.07, 6.45) is 0. The van der Waals surface area contributed by atoms with E-state index in [2.05, 4.69) is 35.2 Å². The van der Waals surface area contributed by atoms with Gasteiger partial charge in [0.25, 0.3) is 0 Å². The van der Waals surface area contributed by atoms with Gasteiger partial charge >= 0.3 is 0 Å². The smallest absolute Gasteiger partial charge is 0.242 e. The van der Waals surface area contributed by atoms with Gasteiger partial charge < -0.3 is 19.4 Å². The first kappa shape index (κ1) is 20.6. The quantitative estimate of drug-likeness (QED) is 0.743. The van der Waals surface area contributed by atoms with Crippen molar-refractivity contribution in [2.45, 2.75) is 0 Å². The molecule has 0 atom stereocenters. The first-order valence-electron chi connectivity index (χ1n) is 10.7. The molecular weight excluding hydrogens is 380 g/mol. The van der Waals surface area contributed by atoms with Crippen LogP contribution in [0.2, 0.25) is 0 Å². The zero-order chi connectivity index (χ0) is 20.9. The number of carbonyl (C=O) groups excluding carboxylic acids is 2. The summed E-state index contributed by atoms with van der Waals surface area (Å²) in [6, 6.07) is 14.5. The third-order valence-electron chi connectivity index (χ3n) is 5.99. The SMILES string of the molecule is CN(CC(=O)N1CCN(CC(=O)N2CCOCC2)CC1)c1ccc2ccccc2c1. The van der Waals surface area contributed by atoms with Gasteiger partial charge in [-0.3, -0.25) is 14.5 Å². The molecule has 2 amide bonds. The minimum atomic E-state index is 0.129. The number of benzene rings is 2. The molecule has 4 rings (SSSR count). The molecule has 2 saturated heterocycles. The van der Waals surface area contributed by atoms with Gasteiger partial charge in [0.1, 0.15) is 0 Å². The molecule has 0 N–H and O–H groups in total. The van der Waals surface area contributed by atoms with Crippen LogP contribution in [0.4, 0.5) is 5.69 Å². The number of hydrogen-bond acceptors (Lipinski definition) is 5. The molecule has 160 valence electrons. The zero-order valence-corrected chi connectivity index (χ0v) is 17.6. The molecule has 2 fully saturated rings. The summed E-state index contributed by atoms with van der Waals surface area (Å²) in [5.41, 5.74) is 1.04. The van der Waals surface area contributed by atoms with Crippen LogP contribution in [0.5, 0.6) is 0 Å². The fourth-order valence-corrected chi connectivity index (χ4v) is 4.07. The number of morpholine rings is 1. The Kier molecular flexibility index (Phi) is 6.50. The van der Waals surface area contributed by atoms with Crippen molar-refractivity contribution in [3.05, 3.63) is 42.5 Å². The number of anilines is 1. The summed E-state index contributed by atoms with van der Waals surface area (Å²) >= 11 is 0. The van der Waals surface area contributed by atoms with E-state index < -0.39 is 0 Å². The molecular formula is C23H30N4O3. The summed E-state index contributed by atoms with van der Waals surface area (Å²) in [6.45, 7) is 6.20. The van der Waals surface area contributed by atoms with Gasteiger partial charge in [-0.15, -0.1) is 0 Å². The summed E-state index contributed by atoms with van der Waals surface area (Å²) < 4.78 is 5.31. The van der Waals surface area contributed by atoms with Gasteiger partial charge in [0.15, 0.2) is 0 Å². The number of carbonyl (C=O) groups is 2. The number of amides is 2. The van der Waals surface area contributed by atoms with E-state index in [9.17, 15) is 9.59 Å². The van der Waals surface area contributed by atoms with Crippen LogP contribution >= 0.6 is 0 Å². The highest BCUT2D eigenvalue weighted by Crippen LogP contribution is 2.21. The Bertz CT molecular complexity index is 889. The summed E-state index contributed by atoms with van der Waals surface area (Å²) in [5, 5.41) is 2.37. The average Bonchev–Trinajstić information content (AvgIpc) is 2.79. The van der Waals surface area contributed by atoms with Crippen molar-refractivity contribution in [3.63, 3.8) is 0 Å². The molecule has 0 aliphatic carbocycles. The molecule has 0 saturated carbocycles. The second-order valence-electron chi connectivity index (χ2n) is 8.04. The minimum absolute atomic E-state index is 0.129. The Labute approximate surface area is 177 Å². The maximum Gasteiger partial charge on any atom is 0.242 e. The Morgan fingerprint density at radius 2 is 1.53 bits per heavy atom. The van der Waals surface area contributed by atoms with Crippen LogP contribution in [0.3, 0.4) is 0 Å². The Hall–Kier alpha value is -2.64. The number of hydrogen-bond donors (Lipinski definition) is 0. The van der Waals surface area contributed by atoms with Crippen LogP contribution in [-0.4, -0.2) is 99.1 Å². The number of ether oxygens (including phenoxy) is 1. The van der Waals surface area contributed by atoms with Crippen LogP contribution in [0.25, 0.3) is 10.8 Å². The van der Waals surface area contributed by atoms with Crippen molar-refractivity contribution in [2.75, 3.05) is 77.5 Å².